The zero-order valence-electron chi connectivity index (χ0n) is 11.6. The van der Waals surface area contributed by atoms with E-state index in [1.807, 2.05) is 48.9 Å². The molecule has 3 aromatic rings. The smallest absolute Gasteiger partial charge is 0.158 e. The minimum Gasteiger partial charge on any atom is -0.327 e. The Kier molecular flexibility index (Phi) is 3.12. The average molecular weight is 267 g/mol. The first-order chi connectivity index (χ1) is 9.70. The Morgan fingerprint density at radius 3 is 2.90 bits per heavy atom. The van der Waals surface area contributed by atoms with Crippen molar-refractivity contribution in [3.05, 3.63) is 54.0 Å². The van der Waals surface area contributed by atoms with Gasteiger partial charge in [-0.2, -0.15) is 5.10 Å². The number of hydrogen-bond donors (Lipinski definition) is 1. The van der Waals surface area contributed by atoms with Crippen molar-refractivity contribution in [3.63, 3.8) is 0 Å². The maximum Gasteiger partial charge on any atom is 0.158 e. The third-order valence-electron chi connectivity index (χ3n) is 3.38. The lowest BCUT2D eigenvalue weighted by molar-refractivity contribution is 0.915. The van der Waals surface area contributed by atoms with E-state index < -0.39 is 0 Å². The van der Waals surface area contributed by atoms with E-state index in [1.165, 1.54) is 0 Å². The molecule has 0 spiro atoms. The van der Waals surface area contributed by atoms with Crippen molar-refractivity contribution in [2.75, 3.05) is 11.9 Å². The molecule has 2 heterocycles. The van der Waals surface area contributed by atoms with Crippen molar-refractivity contribution in [1.82, 2.24) is 14.6 Å². The molecule has 0 radical (unpaired) electrons. The van der Waals surface area contributed by atoms with Crippen LogP contribution in [0.4, 0.5) is 11.5 Å². The molecule has 0 bridgehead atoms. The Balaban J connectivity index is 2.15. The predicted octanol–water partition coefficient (Wildman–Crippen LogP) is 2.26. The second kappa shape index (κ2) is 4.94. The van der Waals surface area contributed by atoms with Crippen LogP contribution in [-0.2, 0) is 6.54 Å². The van der Waals surface area contributed by atoms with E-state index in [1.54, 1.807) is 6.20 Å². The van der Waals surface area contributed by atoms with E-state index in [0.29, 0.717) is 6.54 Å². The van der Waals surface area contributed by atoms with E-state index in [-0.39, 0.29) is 0 Å². The topological polar surface area (TPSA) is 59.5 Å². The number of hydrogen-bond acceptors (Lipinski definition) is 4. The number of fused-ring (bicyclic) bond motifs is 1. The van der Waals surface area contributed by atoms with Crippen LogP contribution >= 0.6 is 0 Å². The highest BCUT2D eigenvalue weighted by Crippen LogP contribution is 2.28. The van der Waals surface area contributed by atoms with Gasteiger partial charge in [-0.1, -0.05) is 18.2 Å². The van der Waals surface area contributed by atoms with E-state index in [4.69, 9.17) is 5.73 Å². The third kappa shape index (κ3) is 2.02. The molecule has 2 aromatic heterocycles. The number of anilines is 2. The summed E-state index contributed by atoms with van der Waals surface area (Å²) >= 11 is 0. The van der Waals surface area contributed by atoms with Crippen molar-refractivity contribution >= 4 is 17.0 Å². The molecular formula is C15H17N5. The van der Waals surface area contributed by atoms with Crippen molar-refractivity contribution in [1.29, 1.82) is 0 Å². The van der Waals surface area contributed by atoms with Crippen molar-refractivity contribution in [2.45, 2.75) is 13.5 Å². The van der Waals surface area contributed by atoms with Crippen LogP contribution in [0.5, 0.6) is 0 Å². The summed E-state index contributed by atoms with van der Waals surface area (Å²) in [5.74, 6) is 0.869. The summed E-state index contributed by atoms with van der Waals surface area (Å²) < 4.78 is 1.85. The van der Waals surface area contributed by atoms with Gasteiger partial charge in [-0.3, -0.25) is 0 Å². The van der Waals surface area contributed by atoms with Gasteiger partial charge in [-0.25, -0.2) is 9.50 Å². The number of rotatable bonds is 3. The van der Waals surface area contributed by atoms with Gasteiger partial charge in [0.2, 0.25) is 0 Å². The van der Waals surface area contributed by atoms with E-state index in [0.717, 1.165) is 28.3 Å². The van der Waals surface area contributed by atoms with E-state index in [9.17, 15) is 0 Å². The van der Waals surface area contributed by atoms with Gasteiger partial charge in [-0.15, -0.1) is 0 Å². The number of nitrogens with two attached hydrogens (primary N) is 1. The van der Waals surface area contributed by atoms with Gasteiger partial charge in [0.15, 0.2) is 5.82 Å². The highest BCUT2D eigenvalue weighted by atomic mass is 15.3. The molecule has 5 nitrogen and oxygen atoms in total. The average Bonchev–Trinajstić information content (AvgIpc) is 2.86. The van der Waals surface area contributed by atoms with Gasteiger partial charge in [-0.05, 0) is 24.6 Å². The van der Waals surface area contributed by atoms with Crippen LogP contribution in [0.25, 0.3) is 5.52 Å². The van der Waals surface area contributed by atoms with E-state index >= 15 is 0 Å². The first kappa shape index (κ1) is 12.6. The van der Waals surface area contributed by atoms with Crippen LogP contribution in [0.15, 0.2) is 42.7 Å². The Labute approximate surface area is 117 Å². The number of nitrogens with zero attached hydrogens (tertiary/aromatic N) is 4. The van der Waals surface area contributed by atoms with Crippen LogP contribution in [0.2, 0.25) is 0 Å². The Hall–Kier alpha value is -2.40. The first-order valence-corrected chi connectivity index (χ1v) is 6.53. The zero-order chi connectivity index (χ0) is 14.1. The van der Waals surface area contributed by atoms with Crippen molar-refractivity contribution < 1.29 is 0 Å². The summed E-state index contributed by atoms with van der Waals surface area (Å²) in [5.41, 5.74) is 9.93. The molecule has 102 valence electrons. The maximum absolute atomic E-state index is 5.82. The standard InChI is InChI=1S/C15H17N5/c1-11-9-14-15(17-7-8-20(14)18-11)19(2)13-6-4-3-5-12(13)10-16/h3-9H,10,16H2,1-2H3. The second-order valence-electron chi connectivity index (χ2n) is 4.76. The molecule has 1 aromatic carbocycles. The minimum absolute atomic E-state index is 0.502. The van der Waals surface area contributed by atoms with Crippen molar-refractivity contribution in [2.24, 2.45) is 5.73 Å². The van der Waals surface area contributed by atoms with Gasteiger partial charge in [0.05, 0.1) is 5.69 Å². The fourth-order valence-electron chi connectivity index (χ4n) is 2.41. The van der Waals surface area contributed by atoms with E-state index in [2.05, 4.69) is 21.0 Å². The molecule has 0 unspecified atom stereocenters. The van der Waals surface area contributed by atoms with Crippen LogP contribution < -0.4 is 10.6 Å². The Bertz CT molecular complexity index is 747. The summed E-state index contributed by atoms with van der Waals surface area (Å²) in [6, 6.07) is 10.1. The molecule has 0 atom stereocenters. The molecule has 20 heavy (non-hydrogen) atoms. The molecule has 0 aliphatic rings. The monoisotopic (exact) mass is 267 g/mol. The Morgan fingerprint density at radius 1 is 1.30 bits per heavy atom. The fourth-order valence-corrected chi connectivity index (χ4v) is 2.41. The van der Waals surface area contributed by atoms with Gasteiger partial charge in [0.1, 0.15) is 5.52 Å². The number of aryl methyl sites for hydroxylation is 1. The van der Waals surface area contributed by atoms with Gasteiger partial charge in [0.25, 0.3) is 0 Å². The highest BCUT2D eigenvalue weighted by molar-refractivity contribution is 5.76. The lowest BCUT2D eigenvalue weighted by Gasteiger charge is -2.21. The second-order valence-corrected chi connectivity index (χ2v) is 4.76. The molecule has 0 saturated heterocycles. The normalized spacial score (nSPS) is 10.9. The summed E-state index contributed by atoms with van der Waals surface area (Å²) in [7, 11) is 2.00. The van der Waals surface area contributed by atoms with Gasteiger partial charge < -0.3 is 10.6 Å². The quantitative estimate of drug-likeness (QED) is 0.790. The number of para-hydroxylation sites is 1. The van der Waals surface area contributed by atoms with Crippen LogP contribution in [0.1, 0.15) is 11.3 Å². The third-order valence-corrected chi connectivity index (χ3v) is 3.38. The summed E-state index contributed by atoms with van der Waals surface area (Å²) in [5, 5.41) is 4.42. The number of aromatic nitrogens is 3. The summed E-state index contributed by atoms with van der Waals surface area (Å²) in [6.45, 7) is 2.48. The minimum atomic E-state index is 0.502. The molecule has 0 saturated carbocycles. The number of benzene rings is 1. The molecule has 0 aliphatic carbocycles. The van der Waals surface area contributed by atoms with Crippen LogP contribution in [0, 0.1) is 6.92 Å². The zero-order valence-corrected chi connectivity index (χ0v) is 11.6. The lowest BCUT2D eigenvalue weighted by Crippen LogP contribution is -2.15. The van der Waals surface area contributed by atoms with Crippen molar-refractivity contribution in [3.8, 4) is 0 Å². The SMILES string of the molecule is Cc1cc2c(N(C)c3ccccc3CN)nccn2n1. The fraction of sp³-hybridized carbons (Fsp3) is 0.200. The molecule has 5 heteroatoms. The van der Waals surface area contributed by atoms with Crippen LogP contribution in [0.3, 0.4) is 0 Å². The van der Waals surface area contributed by atoms with Crippen LogP contribution in [-0.4, -0.2) is 21.6 Å². The summed E-state index contributed by atoms with van der Waals surface area (Å²) in [4.78, 5) is 6.55. The molecule has 2 N–H and O–H groups in total. The molecule has 3 rings (SSSR count). The lowest BCUT2D eigenvalue weighted by atomic mass is 10.1. The first-order valence-electron chi connectivity index (χ1n) is 6.53. The molecule has 0 aliphatic heterocycles. The Morgan fingerprint density at radius 2 is 2.10 bits per heavy atom. The summed E-state index contributed by atoms with van der Waals surface area (Å²) in [6.07, 6.45) is 3.62. The highest BCUT2D eigenvalue weighted by Gasteiger charge is 2.13. The molecular weight excluding hydrogens is 250 g/mol. The maximum atomic E-state index is 5.82. The van der Waals surface area contributed by atoms with Gasteiger partial charge >= 0.3 is 0 Å². The molecule has 0 amide bonds. The predicted molar refractivity (Wildman–Crippen MR) is 80.1 cm³/mol. The van der Waals surface area contributed by atoms with Gasteiger partial charge in [0, 0.05) is 31.7 Å². The largest absolute Gasteiger partial charge is 0.327 e. The molecule has 0 fully saturated rings.